The van der Waals surface area contributed by atoms with E-state index in [1.165, 1.54) is 31.5 Å². The summed E-state index contributed by atoms with van der Waals surface area (Å²) in [6.07, 6.45) is 2.83. The van der Waals surface area contributed by atoms with Gasteiger partial charge in [-0.05, 0) is 30.2 Å². The second-order valence-corrected chi connectivity index (χ2v) is 9.22. The molecule has 38 heavy (non-hydrogen) atoms. The number of carbonyl (C=O) groups excluding carboxylic acids is 2. The molecule has 3 N–H and O–H groups in total. The Labute approximate surface area is 231 Å². The van der Waals surface area contributed by atoms with Crippen LogP contribution in [-0.4, -0.2) is 43.0 Å². The number of hydrogen-bond donors (Lipinski definition) is 2. The molecular formula is C27H29Cl2N5O4. The van der Waals surface area contributed by atoms with E-state index in [1.54, 1.807) is 19.2 Å². The molecule has 0 spiro atoms. The van der Waals surface area contributed by atoms with Crippen LogP contribution in [0.5, 0.6) is 11.5 Å². The van der Waals surface area contributed by atoms with Gasteiger partial charge in [-0.3, -0.25) is 14.5 Å². The van der Waals surface area contributed by atoms with E-state index in [0.29, 0.717) is 40.7 Å². The van der Waals surface area contributed by atoms with Crippen molar-refractivity contribution in [3.8, 4) is 11.5 Å². The van der Waals surface area contributed by atoms with Gasteiger partial charge in [0.15, 0.2) is 0 Å². The molecule has 9 nitrogen and oxygen atoms in total. The summed E-state index contributed by atoms with van der Waals surface area (Å²) in [6.45, 7) is 5.37. The van der Waals surface area contributed by atoms with Gasteiger partial charge in [-0.1, -0.05) is 41.9 Å². The molecule has 1 unspecified atom stereocenters. The zero-order chi connectivity index (χ0) is 28.0. The SMILES string of the molecule is C=CC(=O)Nc1cc(C(C)N)ccc1Cc1cc(N(C)C(=O)Cc2c(Cl)c(OC)cc(OC)c2Cl)ncn1. The number of rotatable bonds is 10. The third-order valence-corrected chi connectivity index (χ3v) is 6.72. The molecule has 1 atom stereocenters. The first-order valence-corrected chi connectivity index (χ1v) is 12.3. The number of anilines is 2. The van der Waals surface area contributed by atoms with E-state index in [1.807, 2.05) is 25.1 Å². The number of aromatic nitrogens is 2. The van der Waals surface area contributed by atoms with Crippen LogP contribution < -0.4 is 25.4 Å². The largest absolute Gasteiger partial charge is 0.495 e. The molecule has 0 aliphatic rings. The number of likely N-dealkylation sites (N-methyl/N-ethyl adjacent to an activating group) is 1. The van der Waals surface area contributed by atoms with Gasteiger partial charge in [-0.2, -0.15) is 0 Å². The van der Waals surface area contributed by atoms with E-state index >= 15 is 0 Å². The predicted molar refractivity (Wildman–Crippen MR) is 149 cm³/mol. The Kier molecular flexibility index (Phi) is 9.68. The Morgan fingerprint density at radius 2 is 1.79 bits per heavy atom. The Bertz CT molecular complexity index is 1340. The quantitative estimate of drug-likeness (QED) is 0.345. The number of nitrogens with zero attached hydrogens (tertiary/aromatic N) is 3. The van der Waals surface area contributed by atoms with Crippen molar-refractivity contribution in [2.24, 2.45) is 5.73 Å². The highest BCUT2D eigenvalue weighted by Gasteiger charge is 2.22. The first-order chi connectivity index (χ1) is 18.1. The Morgan fingerprint density at radius 3 is 2.37 bits per heavy atom. The fourth-order valence-electron chi connectivity index (χ4n) is 3.68. The van der Waals surface area contributed by atoms with E-state index in [-0.39, 0.29) is 34.3 Å². The highest BCUT2D eigenvalue weighted by molar-refractivity contribution is 6.38. The van der Waals surface area contributed by atoms with Gasteiger partial charge in [-0.25, -0.2) is 9.97 Å². The normalized spacial score (nSPS) is 11.4. The van der Waals surface area contributed by atoms with E-state index in [4.69, 9.17) is 38.4 Å². The molecule has 3 rings (SSSR count). The first kappa shape index (κ1) is 28.9. The molecule has 0 radical (unpaired) electrons. The Morgan fingerprint density at radius 1 is 1.13 bits per heavy atom. The molecular weight excluding hydrogens is 529 g/mol. The third-order valence-electron chi connectivity index (χ3n) is 5.89. The van der Waals surface area contributed by atoms with Gasteiger partial charge in [-0.15, -0.1) is 0 Å². The van der Waals surface area contributed by atoms with Crippen molar-refractivity contribution in [3.63, 3.8) is 0 Å². The molecule has 1 aromatic heterocycles. The highest BCUT2D eigenvalue weighted by Crippen LogP contribution is 2.40. The summed E-state index contributed by atoms with van der Waals surface area (Å²) in [5, 5.41) is 3.28. The van der Waals surface area contributed by atoms with E-state index < -0.39 is 0 Å². The minimum Gasteiger partial charge on any atom is -0.495 e. The van der Waals surface area contributed by atoms with Gasteiger partial charge in [0, 0.05) is 42.9 Å². The number of nitrogens with one attached hydrogen (secondary N) is 1. The smallest absolute Gasteiger partial charge is 0.247 e. The Balaban J connectivity index is 1.87. The zero-order valence-electron chi connectivity index (χ0n) is 21.5. The number of halogens is 2. The zero-order valence-corrected chi connectivity index (χ0v) is 23.1. The lowest BCUT2D eigenvalue weighted by atomic mass is 10.0. The average Bonchev–Trinajstić information content (AvgIpc) is 2.91. The van der Waals surface area contributed by atoms with Crippen LogP contribution in [0.2, 0.25) is 10.0 Å². The van der Waals surface area contributed by atoms with Crippen molar-refractivity contribution in [2.45, 2.75) is 25.8 Å². The number of amides is 2. The van der Waals surface area contributed by atoms with Crippen molar-refractivity contribution < 1.29 is 19.1 Å². The molecule has 0 bridgehead atoms. The maximum atomic E-state index is 13.2. The number of nitrogens with two attached hydrogens (primary N) is 1. The lowest BCUT2D eigenvalue weighted by Gasteiger charge is -2.19. The lowest BCUT2D eigenvalue weighted by molar-refractivity contribution is -0.117. The maximum absolute atomic E-state index is 13.2. The number of benzene rings is 2. The Hall–Kier alpha value is -3.66. The highest BCUT2D eigenvalue weighted by atomic mass is 35.5. The van der Waals surface area contributed by atoms with Gasteiger partial charge in [0.2, 0.25) is 11.8 Å². The van der Waals surface area contributed by atoms with E-state index in [0.717, 1.165) is 11.1 Å². The molecule has 0 aliphatic heterocycles. The first-order valence-electron chi connectivity index (χ1n) is 11.6. The second-order valence-electron chi connectivity index (χ2n) is 8.46. The van der Waals surface area contributed by atoms with Crippen LogP contribution in [-0.2, 0) is 22.4 Å². The number of hydrogen-bond acceptors (Lipinski definition) is 7. The van der Waals surface area contributed by atoms with E-state index in [2.05, 4.69) is 21.9 Å². The van der Waals surface area contributed by atoms with Gasteiger partial charge in [0.05, 0.1) is 36.4 Å². The van der Waals surface area contributed by atoms with Crippen molar-refractivity contribution in [1.82, 2.24) is 9.97 Å². The molecule has 0 saturated heterocycles. The van der Waals surface area contributed by atoms with Crippen LogP contribution >= 0.6 is 23.2 Å². The third kappa shape index (κ3) is 6.61. The van der Waals surface area contributed by atoms with Gasteiger partial charge >= 0.3 is 0 Å². The van der Waals surface area contributed by atoms with Crippen molar-refractivity contribution in [2.75, 3.05) is 31.5 Å². The number of methoxy groups -OCH3 is 2. The summed E-state index contributed by atoms with van der Waals surface area (Å²) >= 11 is 12.9. The maximum Gasteiger partial charge on any atom is 0.247 e. The second kappa shape index (κ2) is 12.7. The molecule has 0 fully saturated rings. The molecule has 0 aliphatic carbocycles. The van der Waals surface area contributed by atoms with Gasteiger partial charge < -0.3 is 20.5 Å². The van der Waals surface area contributed by atoms with Crippen LogP contribution in [0.3, 0.4) is 0 Å². The summed E-state index contributed by atoms with van der Waals surface area (Å²) in [7, 11) is 4.53. The van der Waals surface area contributed by atoms with Crippen LogP contribution in [0.4, 0.5) is 11.5 Å². The van der Waals surface area contributed by atoms with Gasteiger partial charge in [0.1, 0.15) is 23.6 Å². The van der Waals surface area contributed by atoms with Crippen molar-refractivity contribution in [3.05, 3.63) is 81.7 Å². The van der Waals surface area contributed by atoms with Crippen LogP contribution in [0.15, 0.2) is 49.3 Å². The topological polar surface area (TPSA) is 120 Å². The predicted octanol–water partition coefficient (Wildman–Crippen LogP) is 4.74. The summed E-state index contributed by atoms with van der Waals surface area (Å²) in [4.78, 5) is 35.2. The van der Waals surface area contributed by atoms with E-state index in [9.17, 15) is 9.59 Å². The summed E-state index contributed by atoms with van der Waals surface area (Å²) in [6, 6.07) is 8.66. The monoisotopic (exact) mass is 557 g/mol. The summed E-state index contributed by atoms with van der Waals surface area (Å²) in [5.41, 5.74) is 9.31. The van der Waals surface area contributed by atoms with Crippen LogP contribution in [0, 0.1) is 0 Å². The number of carbonyl (C=O) groups is 2. The molecule has 0 saturated carbocycles. The number of ether oxygens (including phenoxy) is 2. The minimum atomic E-state index is -0.340. The molecule has 200 valence electrons. The molecule has 2 amide bonds. The molecule has 2 aromatic carbocycles. The van der Waals surface area contributed by atoms with Crippen molar-refractivity contribution >= 4 is 46.5 Å². The van der Waals surface area contributed by atoms with Gasteiger partial charge in [0.25, 0.3) is 0 Å². The molecule has 3 aromatic rings. The fraction of sp³-hybridized carbons (Fsp3) is 0.259. The summed E-state index contributed by atoms with van der Waals surface area (Å²) in [5.74, 6) is 0.419. The lowest BCUT2D eigenvalue weighted by Crippen LogP contribution is -2.29. The molecule has 11 heteroatoms. The van der Waals surface area contributed by atoms with Crippen molar-refractivity contribution in [1.29, 1.82) is 0 Å². The average molecular weight is 558 g/mol. The summed E-state index contributed by atoms with van der Waals surface area (Å²) < 4.78 is 10.6. The standard InChI is InChI=1S/C27H29Cl2N5O4/c1-6-24(35)33-20-10-16(15(2)30)7-8-17(20)9-18-11-23(32-14-31-18)34(3)25(36)12-19-26(28)21(37-4)13-22(38-5)27(19)29/h6-8,10-11,13-15H,1,9,12,30H2,2-5H3,(H,33,35). The van der Waals surface area contributed by atoms with Crippen LogP contribution in [0.1, 0.15) is 35.3 Å². The molecule has 1 heterocycles. The van der Waals surface area contributed by atoms with Crippen LogP contribution in [0.25, 0.3) is 0 Å². The minimum absolute atomic E-state index is 0.114. The fourth-order valence-corrected chi connectivity index (χ4v) is 4.32.